The molecule has 0 bridgehead atoms. The lowest BCUT2D eigenvalue weighted by atomic mass is 10.3. The minimum absolute atomic E-state index is 0.0499. The van der Waals surface area contributed by atoms with Crippen LogP contribution in [0.25, 0.3) is 0 Å². The Hall–Kier alpha value is -0.800. The standard InChI is InChI=1S/C12H17ClN2O/c13-11(10-4-5-10)9-14-6-8-15-7-2-1-3-12(15)16/h1-3,7,10-11,14H,4-6,8-9H2. The lowest BCUT2D eigenvalue weighted by molar-refractivity contribution is 0.562. The van der Waals surface area contributed by atoms with Crippen molar-refractivity contribution in [2.24, 2.45) is 5.92 Å². The summed E-state index contributed by atoms with van der Waals surface area (Å²) in [6.45, 7) is 2.33. The molecule has 1 atom stereocenters. The van der Waals surface area contributed by atoms with Gasteiger partial charge in [0.15, 0.2) is 0 Å². The lowest BCUT2D eigenvalue weighted by Crippen LogP contribution is -2.30. The van der Waals surface area contributed by atoms with E-state index in [1.807, 2.05) is 12.3 Å². The number of hydrogen-bond donors (Lipinski definition) is 1. The summed E-state index contributed by atoms with van der Waals surface area (Å²) in [7, 11) is 0. The molecule has 2 rings (SSSR count). The van der Waals surface area contributed by atoms with Crippen LogP contribution < -0.4 is 10.9 Å². The Bertz CT molecular complexity index is 387. The number of nitrogens with zero attached hydrogens (tertiary/aromatic N) is 1. The van der Waals surface area contributed by atoms with E-state index in [0.717, 1.165) is 13.1 Å². The smallest absolute Gasteiger partial charge is 0.250 e. The Morgan fingerprint density at radius 2 is 2.31 bits per heavy atom. The third-order valence-corrected chi connectivity index (χ3v) is 3.41. The van der Waals surface area contributed by atoms with Crippen LogP contribution in [0.2, 0.25) is 0 Å². The summed E-state index contributed by atoms with van der Waals surface area (Å²) < 4.78 is 1.70. The van der Waals surface area contributed by atoms with E-state index in [1.54, 1.807) is 16.7 Å². The van der Waals surface area contributed by atoms with Crippen molar-refractivity contribution in [2.45, 2.75) is 24.8 Å². The van der Waals surface area contributed by atoms with Gasteiger partial charge in [-0.05, 0) is 24.8 Å². The van der Waals surface area contributed by atoms with Gasteiger partial charge in [-0.3, -0.25) is 4.79 Å². The van der Waals surface area contributed by atoms with Crippen molar-refractivity contribution < 1.29 is 0 Å². The number of alkyl halides is 1. The molecule has 1 N–H and O–H groups in total. The molecule has 1 saturated carbocycles. The third-order valence-electron chi connectivity index (χ3n) is 2.90. The first-order valence-electron chi connectivity index (χ1n) is 5.77. The van der Waals surface area contributed by atoms with Crippen LogP contribution in [0.1, 0.15) is 12.8 Å². The van der Waals surface area contributed by atoms with Crippen LogP contribution in [0.3, 0.4) is 0 Å². The van der Waals surface area contributed by atoms with Crippen LogP contribution in [0.4, 0.5) is 0 Å². The van der Waals surface area contributed by atoms with E-state index < -0.39 is 0 Å². The predicted octanol–water partition coefficient (Wildman–Crippen LogP) is 1.46. The summed E-state index contributed by atoms with van der Waals surface area (Å²) in [5.41, 5.74) is 0.0499. The fraction of sp³-hybridized carbons (Fsp3) is 0.583. The van der Waals surface area contributed by atoms with Crippen molar-refractivity contribution in [3.05, 3.63) is 34.7 Å². The van der Waals surface area contributed by atoms with Crippen molar-refractivity contribution >= 4 is 11.6 Å². The molecule has 1 aliphatic carbocycles. The number of pyridine rings is 1. The highest BCUT2D eigenvalue weighted by Crippen LogP contribution is 2.35. The van der Waals surface area contributed by atoms with Gasteiger partial charge in [-0.2, -0.15) is 0 Å². The molecule has 4 heteroatoms. The zero-order chi connectivity index (χ0) is 11.4. The first kappa shape index (κ1) is 11.7. The molecule has 0 radical (unpaired) electrons. The summed E-state index contributed by atoms with van der Waals surface area (Å²) in [6, 6.07) is 5.21. The van der Waals surface area contributed by atoms with E-state index in [2.05, 4.69) is 5.32 Å². The van der Waals surface area contributed by atoms with Gasteiger partial charge >= 0.3 is 0 Å². The van der Waals surface area contributed by atoms with Crippen LogP contribution in [0.5, 0.6) is 0 Å². The molecule has 1 heterocycles. The zero-order valence-corrected chi connectivity index (χ0v) is 9.99. The van der Waals surface area contributed by atoms with Gasteiger partial charge in [0.2, 0.25) is 0 Å². The number of halogens is 1. The van der Waals surface area contributed by atoms with Crippen molar-refractivity contribution in [2.75, 3.05) is 13.1 Å². The van der Waals surface area contributed by atoms with E-state index >= 15 is 0 Å². The maximum absolute atomic E-state index is 11.4. The molecule has 0 aliphatic heterocycles. The topological polar surface area (TPSA) is 34.0 Å². The van der Waals surface area contributed by atoms with Gasteiger partial charge in [0.05, 0.1) is 0 Å². The van der Waals surface area contributed by atoms with Crippen LogP contribution in [0, 0.1) is 5.92 Å². The largest absolute Gasteiger partial charge is 0.314 e. The number of aromatic nitrogens is 1. The minimum Gasteiger partial charge on any atom is -0.314 e. The van der Waals surface area contributed by atoms with Crippen molar-refractivity contribution in [3.8, 4) is 0 Å². The molecule has 16 heavy (non-hydrogen) atoms. The molecular weight excluding hydrogens is 224 g/mol. The van der Waals surface area contributed by atoms with E-state index in [-0.39, 0.29) is 10.9 Å². The molecule has 0 amide bonds. The van der Waals surface area contributed by atoms with Crippen molar-refractivity contribution in [3.63, 3.8) is 0 Å². The lowest BCUT2D eigenvalue weighted by Gasteiger charge is -2.10. The van der Waals surface area contributed by atoms with Gasteiger partial charge in [0.25, 0.3) is 5.56 Å². The molecule has 1 aromatic rings. The third kappa shape index (κ3) is 3.35. The maximum Gasteiger partial charge on any atom is 0.250 e. The molecule has 1 aliphatic rings. The SMILES string of the molecule is O=c1ccccn1CCNCC(Cl)C1CC1. The molecular formula is C12H17ClN2O. The fourth-order valence-electron chi connectivity index (χ4n) is 1.71. The quantitative estimate of drug-likeness (QED) is 0.603. The summed E-state index contributed by atoms with van der Waals surface area (Å²) in [5.74, 6) is 0.716. The van der Waals surface area contributed by atoms with Crippen LogP contribution in [0.15, 0.2) is 29.2 Å². The second-order valence-corrected chi connectivity index (χ2v) is 4.85. The number of nitrogens with one attached hydrogen (secondary N) is 1. The van der Waals surface area contributed by atoms with Crippen LogP contribution in [-0.2, 0) is 6.54 Å². The summed E-state index contributed by atoms with van der Waals surface area (Å²) in [5, 5.41) is 3.55. The Morgan fingerprint density at radius 3 is 3.00 bits per heavy atom. The van der Waals surface area contributed by atoms with E-state index in [9.17, 15) is 4.79 Å². The molecule has 0 aromatic carbocycles. The summed E-state index contributed by atoms with van der Waals surface area (Å²) in [6.07, 6.45) is 4.35. The maximum atomic E-state index is 11.4. The van der Waals surface area contributed by atoms with E-state index in [1.165, 1.54) is 12.8 Å². The Morgan fingerprint density at radius 1 is 1.50 bits per heavy atom. The normalized spacial score (nSPS) is 17.3. The van der Waals surface area contributed by atoms with Crippen LogP contribution >= 0.6 is 11.6 Å². The number of hydrogen-bond acceptors (Lipinski definition) is 2. The highest BCUT2D eigenvalue weighted by molar-refractivity contribution is 6.21. The monoisotopic (exact) mass is 240 g/mol. The number of rotatable bonds is 6. The average molecular weight is 241 g/mol. The summed E-state index contributed by atoms with van der Waals surface area (Å²) in [4.78, 5) is 11.4. The van der Waals surface area contributed by atoms with Gasteiger partial charge in [-0.25, -0.2) is 0 Å². The first-order chi connectivity index (χ1) is 7.77. The molecule has 88 valence electrons. The highest BCUT2D eigenvalue weighted by atomic mass is 35.5. The molecule has 1 unspecified atom stereocenters. The Kier molecular flexibility index (Phi) is 4.02. The minimum atomic E-state index is 0.0499. The van der Waals surface area contributed by atoms with Crippen molar-refractivity contribution in [1.82, 2.24) is 9.88 Å². The van der Waals surface area contributed by atoms with Gasteiger partial charge in [-0.15, -0.1) is 11.6 Å². The molecule has 3 nitrogen and oxygen atoms in total. The van der Waals surface area contributed by atoms with Gasteiger partial charge in [0.1, 0.15) is 0 Å². The molecule has 0 spiro atoms. The van der Waals surface area contributed by atoms with Gasteiger partial charge in [-0.1, -0.05) is 6.07 Å². The van der Waals surface area contributed by atoms with Crippen molar-refractivity contribution in [1.29, 1.82) is 0 Å². The van der Waals surface area contributed by atoms with E-state index in [0.29, 0.717) is 12.5 Å². The second-order valence-electron chi connectivity index (χ2n) is 4.29. The van der Waals surface area contributed by atoms with Crippen LogP contribution in [-0.4, -0.2) is 23.0 Å². The summed E-state index contributed by atoms with van der Waals surface area (Å²) >= 11 is 6.16. The molecule has 1 fully saturated rings. The molecule has 0 saturated heterocycles. The first-order valence-corrected chi connectivity index (χ1v) is 6.21. The average Bonchev–Trinajstić information content (AvgIpc) is 3.10. The zero-order valence-electron chi connectivity index (χ0n) is 9.23. The van der Waals surface area contributed by atoms with Gasteiger partial charge < -0.3 is 9.88 Å². The second kappa shape index (κ2) is 5.51. The van der Waals surface area contributed by atoms with Gasteiger partial charge in [0, 0.05) is 37.3 Å². The molecule has 1 aromatic heterocycles. The van der Waals surface area contributed by atoms with E-state index in [4.69, 9.17) is 11.6 Å². The fourth-order valence-corrected chi connectivity index (χ4v) is 2.07. The highest BCUT2D eigenvalue weighted by Gasteiger charge is 2.28. The Labute approximate surface area is 100 Å². The Balaban J connectivity index is 1.68. The predicted molar refractivity (Wildman–Crippen MR) is 65.9 cm³/mol.